The third-order valence-electron chi connectivity index (χ3n) is 2.12. The molecule has 0 atom stereocenters. The molecule has 0 radical (unpaired) electrons. The van der Waals surface area contributed by atoms with Crippen LogP contribution in [0.3, 0.4) is 0 Å². The van der Waals surface area contributed by atoms with E-state index in [1.807, 2.05) is 50.3 Å². The molecule has 0 saturated carbocycles. The summed E-state index contributed by atoms with van der Waals surface area (Å²) in [5.74, 6) is -0.219. The molecule has 0 aliphatic carbocycles. The highest BCUT2D eigenvalue weighted by Crippen LogP contribution is 2.09. The summed E-state index contributed by atoms with van der Waals surface area (Å²) in [4.78, 5) is 11.5. The van der Waals surface area contributed by atoms with Gasteiger partial charge in [-0.25, -0.2) is 4.79 Å². The lowest BCUT2D eigenvalue weighted by Crippen LogP contribution is -2.09. The van der Waals surface area contributed by atoms with Gasteiger partial charge in [-0.15, -0.1) is 0 Å². The highest BCUT2D eigenvalue weighted by Gasteiger charge is 2.09. The Bertz CT molecular complexity index is 339. The summed E-state index contributed by atoms with van der Waals surface area (Å²) in [6, 6.07) is 9.90. The number of benzene rings is 1. The van der Waals surface area contributed by atoms with Crippen LogP contribution < -0.4 is 0 Å². The Morgan fingerprint density at radius 1 is 1.33 bits per heavy atom. The molecule has 0 aliphatic rings. The molecule has 0 fully saturated rings. The summed E-state index contributed by atoms with van der Waals surface area (Å²) in [5, 5.41) is 0. The highest BCUT2D eigenvalue weighted by atomic mass is 16.5. The molecule has 0 heterocycles. The fourth-order valence-corrected chi connectivity index (χ4v) is 1.33. The first-order valence-corrected chi connectivity index (χ1v) is 5.14. The Balaban J connectivity index is 2.67. The predicted molar refractivity (Wildman–Crippen MR) is 60.5 cm³/mol. The predicted octanol–water partition coefficient (Wildman–Crippen LogP) is 2.74. The van der Waals surface area contributed by atoms with E-state index in [0.29, 0.717) is 18.6 Å². The van der Waals surface area contributed by atoms with Crippen LogP contribution in [0, 0.1) is 0 Å². The molecule has 2 heteroatoms. The average Bonchev–Trinajstić information content (AvgIpc) is 2.27. The lowest BCUT2D eigenvalue weighted by Gasteiger charge is -2.06. The standard InChI is InChI=1S/C13H16O2/c1-3-12(13(14)15-4-2)10-11-8-6-5-7-9-11/h3,5-9H,4,10H2,1-2H3/b12-3-. The molecule has 0 spiro atoms. The minimum atomic E-state index is -0.219. The summed E-state index contributed by atoms with van der Waals surface area (Å²) >= 11 is 0. The smallest absolute Gasteiger partial charge is 0.333 e. The molecule has 0 saturated heterocycles. The molecule has 0 N–H and O–H groups in total. The van der Waals surface area contributed by atoms with Gasteiger partial charge in [-0.3, -0.25) is 0 Å². The van der Waals surface area contributed by atoms with Crippen molar-refractivity contribution >= 4 is 5.97 Å². The summed E-state index contributed by atoms with van der Waals surface area (Å²) < 4.78 is 4.96. The van der Waals surface area contributed by atoms with Crippen molar-refractivity contribution in [3.05, 3.63) is 47.5 Å². The van der Waals surface area contributed by atoms with Gasteiger partial charge in [0.25, 0.3) is 0 Å². The van der Waals surface area contributed by atoms with Crippen LogP contribution >= 0.6 is 0 Å². The van der Waals surface area contributed by atoms with Gasteiger partial charge in [0.15, 0.2) is 0 Å². The molecule has 0 amide bonds. The van der Waals surface area contributed by atoms with Gasteiger partial charge in [-0.05, 0) is 19.4 Å². The Morgan fingerprint density at radius 3 is 2.53 bits per heavy atom. The lowest BCUT2D eigenvalue weighted by atomic mass is 10.1. The fraction of sp³-hybridized carbons (Fsp3) is 0.308. The zero-order chi connectivity index (χ0) is 11.1. The maximum absolute atomic E-state index is 11.5. The number of hydrogen-bond acceptors (Lipinski definition) is 2. The second-order valence-electron chi connectivity index (χ2n) is 3.20. The second-order valence-corrected chi connectivity index (χ2v) is 3.20. The van der Waals surface area contributed by atoms with E-state index in [4.69, 9.17) is 4.74 Å². The van der Waals surface area contributed by atoms with E-state index in [1.165, 1.54) is 0 Å². The van der Waals surface area contributed by atoms with Crippen LogP contribution in [-0.2, 0) is 16.0 Å². The zero-order valence-corrected chi connectivity index (χ0v) is 9.19. The first-order valence-electron chi connectivity index (χ1n) is 5.14. The number of ether oxygens (including phenoxy) is 1. The van der Waals surface area contributed by atoms with Crippen molar-refractivity contribution < 1.29 is 9.53 Å². The number of carbonyl (C=O) groups excluding carboxylic acids is 1. The van der Waals surface area contributed by atoms with E-state index in [9.17, 15) is 4.79 Å². The van der Waals surface area contributed by atoms with E-state index in [1.54, 1.807) is 0 Å². The largest absolute Gasteiger partial charge is 0.463 e. The van der Waals surface area contributed by atoms with Gasteiger partial charge in [0.2, 0.25) is 0 Å². The van der Waals surface area contributed by atoms with Crippen LogP contribution in [0.2, 0.25) is 0 Å². The first kappa shape index (κ1) is 11.5. The van der Waals surface area contributed by atoms with E-state index >= 15 is 0 Å². The van der Waals surface area contributed by atoms with E-state index in [2.05, 4.69) is 0 Å². The topological polar surface area (TPSA) is 26.3 Å². The van der Waals surface area contributed by atoms with Crippen LogP contribution in [0.1, 0.15) is 19.4 Å². The molecular formula is C13H16O2. The molecule has 0 aromatic heterocycles. The van der Waals surface area contributed by atoms with Gasteiger partial charge in [0, 0.05) is 12.0 Å². The monoisotopic (exact) mass is 204 g/mol. The van der Waals surface area contributed by atoms with Crippen LogP contribution in [0.5, 0.6) is 0 Å². The van der Waals surface area contributed by atoms with Crippen LogP contribution in [0.4, 0.5) is 0 Å². The highest BCUT2D eigenvalue weighted by molar-refractivity contribution is 5.88. The van der Waals surface area contributed by atoms with Gasteiger partial charge in [0.05, 0.1) is 6.61 Å². The zero-order valence-electron chi connectivity index (χ0n) is 9.19. The second kappa shape index (κ2) is 6.02. The summed E-state index contributed by atoms with van der Waals surface area (Å²) in [6.45, 7) is 4.09. The number of esters is 1. The van der Waals surface area contributed by atoms with Crippen LogP contribution in [0.15, 0.2) is 42.0 Å². The van der Waals surface area contributed by atoms with Crippen molar-refractivity contribution in [3.8, 4) is 0 Å². The Hall–Kier alpha value is -1.57. The third kappa shape index (κ3) is 3.58. The maximum Gasteiger partial charge on any atom is 0.333 e. The Morgan fingerprint density at radius 2 is 2.00 bits per heavy atom. The van der Waals surface area contributed by atoms with E-state index in [-0.39, 0.29) is 5.97 Å². The number of allylic oxidation sites excluding steroid dienone is 1. The summed E-state index contributed by atoms with van der Waals surface area (Å²) in [7, 11) is 0. The third-order valence-corrected chi connectivity index (χ3v) is 2.12. The number of hydrogen-bond donors (Lipinski definition) is 0. The molecule has 2 nitrogen and oxygen atoms in total. The lowest BCUT2D eigenvalue weighted by molar-refractivity contribution is -0.138. The van der Waals surface area contributed by atoms with Gasteiger partial charge in [0.1, 0.15) is 0 Å². The summed E-state index contributed by atoms with van der Waals surface area (Å²) in [5.41, 5.74) is 1.83. The average molecular weight is 204 g/mol. The quantitative estimate of drug-likeness (QED) is 0.557. The molecule has 0 bridgehead atoms. The minimum Gasteiger partial charge on any atom is -0.463 e. The minimum absolute atomic E-state index is 0.219. The van der Waals surface area contributed by atoms with Crippen molar-refractivity contribution in [2.24, 2.45) is 0 Å². The van der Waals surface area contributed by atoms with E-state index in [0.717, 1.165) is 5.56 Å². The molecule has 1 aromatic rings. The fourth-order valence-electron chi connectivity index (χ4n) is 1.33. The Kier molecular flexibility index (Phi) is 4.61. The first-order chi connectivity index (χ1) is 7.27. The Labute approximate surface area is 90.6 Å². The molecule has 15 heavy (non-hydrogen) atoms. The maximum atomic E-state index is 11.5. The van der Waals surface area contributed by atoms with Crippen molar-refractivity contribution in [1.82, 2.24) is 0 Å². The van der Waals surface area contributed by atoms with Gasteiger partial charge in [-0.2, -0.15) is 0 Å². The molecular weight excluding hydrogens is 188 g/mol. The number of carbonyl (C=O) groups is 1. The van der Waals surface area contributed by atoms with Crippen LogP contribution in [-0.4, -0.2) is 12.6 Å². The molecule has 1 rings (SSSR count). The van der Waals surface area contributed by atoms with Gasteiger partial charge in [-0.1, -0.05) is 36.4 Å². The summed E-state index contributed by atoms with van der Waals surface area (Å²) in [6.07, 6.45) is 2.45. The van der Waals surface area contributed by atoms with Crippen molar-refractivity contribution in [2.45, 2.75) is 20.3 Å². The van der Waals surface area contributed by atoms with Crippen molar-refractivity contribution in [2.75, 3.05) is 6.61 Å². The molecule has 0 aliphatic heterocycles. The number of rotatable bonds is 4. The normalized spacial score (nSPS) is 11.2. The van der Waals surface area contributed by atoms with Crippen molar-refractivity contribution in [1.29, 1.82) is 0 Å². The SMILES string of the molecule is C/C=C(/Cc1ccccc1)C(=O)OCC. The van der Waals surface area contributed by atoms with Gasteiger partial charge < -0.3 is 4.74 Å². The van der Waals surface area contributed by atoms with Crippen molar-refractivity contribution in [3.63, 3.8) is 0 Å². The molecule has 80 valence electrons. The molecule has 0 unspecified atom stereocenters. The van der Waals surface area contributed by atoms with Crippen LogP contribution in [0.25, 0.3) is 0 Å². The molecule has 1 aromatic carbocycles. The van der Waals surface area contributed by atoms with Gasteiger partial charge >= 0.3 is 5.97 Å². The van der Waals surface area contributed by atoms with E-state index < -0.39 is 0 Å².